The van der Waals surface area contributed by atoms with Crippen LogP contribution in [-0.4, -0.2) is 34.9 Å². The maximum absolute atomic E-state index is 6.05. The van der Waals surface area contributed by atoms with Gasteiger partial charge in [0.15, 0.2) is 0 Å². The number of halogens is 2. The number of unbranched alkanes of at least 4 members (excludes halogenated alkanes) is 9. The lowest BCUT2D eigenvalue weighted by Gasteiger charge is -2.18. The summed E-state index contributed by atoms with van der Waals surface area (Å²) in [5.74, 6) is 1.09. The Kier molecular flexibility index (Phi) is 11.5. The van der Waals surface area contributed by atoms with Crippen LogP contribution in [0.3, 0.4) is 0 Å². The van der Waals surface area contributed by atoms with Gasteiger partial charge in [-0.3, -0.25) is 0 Å². The van der Waals surface area contributed by atoms with E-state index in [0.717, 1.165) is 13.0 Å². The molecule has 0 radical (unpaired) electrons. The molecule has 2 heterocycles. The number of quaternary nitrogens is 1. The van der Waals surface area contributed by atoms with Gasteiger partial charge in [0, 0.05) is 6.54 Å². The number of nitrogens with one attached hydrogen (secondary N) is 1. The van der Waals surface area contributed by atoms with Crippen LogP contribution in [0.25, 0.3) is 0 Å². The Morgan fingerprint density at radius 3 is 2.15 bits per heavy atom. The summed E-state index contributed by atoms with van der Waals surface area (Å²) in [5.41, 5.74) is 0. The fourth-order valence-electron chi connectivity index (χ4n) is 2.96. The topological polar surface area (TPSA) is 63.1 Å². The second-order valence-corrected chi connectivity index (χ2v) is 7.38. The highest BCUT2D eigenvalue weighted by Gasteiger charge is 2.28. The number of aromatic nitrogens is 3. The maximum Gasteiger partial charge on any atom is 0.345 e. The predicted octanol–water partition coefficient (Wildman–Crippen LogP) is 2.31. The molecule has 0 spiro atoms. The van der Waals surface area contributed by atoms with Gasteiger partial charge in [0.05, 0.1) is 13.2 Å². The smallest absolute Gasteiger partial charge is 0.345 e. The Balaban J connectivity index is 0.00000364. The lowest BCUT2D eigenvalue weighted by molar-refractivity contribution is -0.00000576. The number of nitrogens with zero attached hydrogens (tertiary/aromatic N) is 5. The van der Waals surface area contributed by atoms with Crippen LogP contribution in [0, 0.1) is 0 Å². The quantitative estimate of drug-likeness (QED) is 0.397. The van der Waals surface area contributed by atoms with Crippen LogP contribution < -0.4 is 22.2 Å². The number of rotatable bonds is 13. The molecule has 0 amide bonds. The van der Waals surface area contributed by atoms with E-state index in [1.165, 1.54) is 57.8 Å². The molecule has 1 aromatic rings. The van der Waals surface area contributed by atoms with Gasteiger partial charge in [-0.25, -0.2) is 4.99 Å². The SMILES string of the molecule is CCCCCCCCCCCCNc1nc(Cl)nc([N+]2(C)C=CN=C2)n1.[Cl-]. The molecule has 1 unspecified atom stereocenters. The minimum absolute atomic E-state index is 0. The first-order valence-corrected chi connectivity index (χ1v) is 10.3. The number of anilines is 1. The fraction of sp³-hybridized carbons (Fsp3) is 0.684. The molecule has 0 aromatic carbocycles. The van der Waals surface area contributed by atoms with Gasteiger partial charge >= 0.3 is 5.95 Å². The standard InChI is InChI=1S/C19H32ClN6.ClH/c1-3-4-5-6-7-8-9-10-11-12-13-22-18-23-17(20)24-19(25-18)26(2)15-14-21-16-26;/h14-16H,3-13H2,1-2H3,(H,22,23,24,25);1H/q+1;/p-1. The minimum Gasteiger partial charge on any atom is -1.00 e. The third-order valence-electron chi connectivity index (χ3n) is 4.61. The van der Waals surface area contributed by atoms with Crippen LogP contribution in [0.1, 0.15) is 71.1 Å². The molecule has 1 N–H and O–H groups in total. The molecule has 0 saturated heterocycles. The van der Waals surface area contributed by atoms with Gasteiger partial charge in [0.2, 0.25) is 17.6 Å². The van der Waals surface area contributed by atoms with Crippen LogP contribution in [0.2, 0.25) is 5.28 Å². The second kappa shape index (κ2) is 13.0. The highest BCUT2D eigenvalue weighted by molar-refractivity contribution is 6.28. The zero-order valence-corrected chi connectivity index (χ0v) is 18.0. The normalized spacial score (nSPS) is 17.9. The largest absolute Gasteiger partial charge is 1.00 e. The summed E-state index contributed by atoms with van der Waals surface area (Å²) >= 11 is 6.05. The van der Waals surface area contributed by atoms with Gasteiger partial charge in [0.25, 0.3) is 0 Å². The Morgan fingerprint density at radius 1 is 0.926 bits per heavy atom. The highest BCUT2D eigenvalue weighted by atomic mass is 35.5. The molecule has 6 nitrogen and oxygen atoms in total. The van der Waals surface area contributed by atoms with Crippen LogP contribution in [-0.2, 0) is 0 Å². The van der Waals surface area contributed by atoms with Gasteiger partial charge in [-0.15, -0.1) is 9.97 Å². The van der Waals surface area contributed by atoms with E-state index in [2.05, 4.69) is 32.2 Å². The molecule has 27 heavy (non-hydrogen) atoms. The summed E-state index contributed by atoms with van der Waals surface area (Å²) in [5, 5.41) is 3.47. The fourth-order valence-corrected chi connectivity index (χ4v) is 3.11. The summed E-state index contributed by atoms with van der Waals surface area (Å²) in [7, 11) is 1.95. The van der Waals surface area contributed by atoms with Gasteiger partial charge < -0.3 is 17.7 Å². The molecule has 1 atom stereocenters. The molecule has 0 fully saturated rings. The van der Waals surface area contributed by atoms with Crippen LogP contribution in [0.5, 0.6) is 0 Å². The molecule has 0 bridgehead atoms. The Labute approximate surface area is 174 Å². The molecule has 8 heteroatoms. The monoisotopic (exact) mass is 414 g/mol. The number of hydrogen-bond acceptors (Lipinski definition) is 5. The molecule has 1 aliphatic heterocycles. The van der Waals surface area contributed by atoms with Crippen LogP contribution >= 0.6 is 11.6 Å². The molecule has 152 valence electrons. The van der Waals surface area contributed by atoms with E-state index in [0.29, 0.717) is 16.4 Å². The van der Waals surface area contributed by atoms with Crippen molar-refractivity contribution in [2.45, 2.75) is 71.1 Å². The van der Waals surface area contributed by atoms with Crippen molar-refractivity contribution < 1.29 is 12.4 Å². The van der Waals surface area contributed by atoms with E-state index in [9.17, 15) is 0 Å². The van der Waals surface area contributed by atoms with Crippen molar-refractivity contribution >= 4 is 29.8 Å². The van der Waals surface area contributed by atoms with Gasteiger partial charge in [-0.1, -0.05) is 64.7 Å². The Bertz CT molecular complexity index is 594. The molecule has 2 rings (SSSR count). The van der Waals surface area contributed by atoms with E-state index in [1.54, 1.807) is 12.5 Å². The number of hydrogen-bond donors (Lipinski definition) is 1. The van der Waals surface area contributed by atoms with Crippen LogP contribution in [0.4, 0.5) is 11.9 Å². The number of aliphatic imine (C=N–C) groups is 1. The lowest BCUT2D eigenvalue weighted by Crippen LogP contribution is -3.00. The van der Waals surface area contributed by atoms with Gasteiger partial charge in [-0.05, 0) is 18.0 Å². The third-order valence-corrected chi connectivity index (χ3v) is 4.78. The van der Waals surface area contributed by atoms with E-state index in [1.807, 2.05) is 13.2 Å². The average molecular weight is 415 g/mol. The van der Waals surface area contributed by atoms with E-state index in [-0.39, 0.29) is 17.7 Å². The first kappa shape index (κ1) is 23.8. The van der Waals surface area contributed by atoms with Crippen molar-refractivity contribution in [1.29, 1.82) is 0 Å². The van der Waals surface area contributed by atoms with Crippen molar-refractivity contribution in [2.75, 3.05) is 18.9 Å². The van der Waals surface area contributed by atoms with Crippen molar-refractivity contribution in [2.24, 2.45) is 4.99 Å². The molecule has 0 saturated carbocycles. The van der Waals surface area contributed by atoms with E-state index >= 15 is 0 Å². The molecule has 0 aliphatic carbocycles. The van der Waals surface area contributed by atoms with E-state index in [4.69, 9.17) is 11.6 Å². The first-order chi connectivity index (χ1) is 12.6. The summed E-state index contributed by atoms with van der Waals surface area (Å²) in [6, 6.07) is 0. The van der Waals surface area contributed by atoms with Crippen molar-refractivity contribution in [3.05, 3.63) is 17.7 Å². The second-order valence-electron chi connectivity index (χ2n) is 7.05. The average Bonchev–Trinajstić information content (AvgIpc) is 3.07. The predicted molar refractivity (Wildman–Crippen MR) is 111 cm³/mol. The third kappa shape index (κ3) is 8.54. The van der Waals surface area contributed by atoms with Crippen LogP contribution in [0.15, 0.2) is 17.4 Å². The van der Waals surface area contributed by atoms with Gasteiger partial charge in [-0.2, -0.15) is 9.47 Å². The zero-order chi connectivity index (χ0) is 18.7. The highest BCUT2D eigenvalue weighted by Crippen LogP contribution is 2.20. The molecule has 1 aliphatic rings. The summed E-state index contributed by atoms with van der Waals surface area (Å²) in [6.07, 6.45) is 18.6. The summed E-state index contributed by atoms with van der Waals surface area (Å²) in [4.78, 5) is 17.0. The molecular weight excluding hydrogens is 383 g/mol. The Hall–Kier alpha value is -1.24. The maximum atomic E-state index is 6.05. The summed E-state index contributed by atoms with van der Waals surface area (Å²) in [6.45, 7) is 3.11. The minimum atomic E-state index is 0. The van der Waals surface area contributed by atoms with Gasteiger partial charge in [0.1, 0.15) is 6.20 Å². The van der Waals surface area contributed by atoms with Crippen molar-refractivity contribution in [3.63, 3.8) is 0 Å². The molecule has 1 aromatic heterocycles. The zero-order valence-electron chi connectivity index (χ0n) is 16.5. The molecular formula is C19H32Cl2N6. The summed E-state index contributed by atoms with van der Waals surface area (Å²) < 4.78 is 0.301. The van der Waals surface area contributed by atoms with Crippen molar-refractivity contribution in [1.82, 2.24) is 19.4 Å². The lowest BCUT2D eigenvalue weighted by atomic mass is 10.1. The Morgan fingerprint density at radius 2 is 1.56 bits per heavy atom. The first-order valence-electron chi connectivity index (χ1n) is 9.88. The van der Waals surface area contributed by atoms with Crippen molar-refractivity contribution in [3.8, 4) is 0 Å². The van der Waals surface area contributed by atoms with E-state index < -0.39 is 0 Å².